The van der Waals surface area contributed by atoms with Gasteiger partial charge >= 0.3 is 0 Å². The van der Waals surface area contributed by atoms with E-state index < -0.39 is 22.5 Å². The van der Waals surface area contributed by atoms with Gasteiger partial charge in [0.2, 0.25) is 10.0 Å². The van der Waals surface area contributed by atoms with E-state index in [0.717, 1.165) is 9.87 Å². The standard InChI is InChI=1S/C25H27N3O6S/c1-33-23-12-11-22(16-24(23)34-2)35(31,32)28(14-13-19-7-4-3-5-8-19)18-25(30)27-26-17-20-9-6-10-21(29)15-20/h3-12,15-17,29H,13-14,18H2,1-2H3,(H,27,30)/b26-17+. The van der Waals surface area contributed by atoms with Crippen LogP contribution >= 0.6 is 0 Å². The monoisotopic (exact) mass is 497 g/mol. The van der Waals surface area contributed by atoms with Gasteiger partial charge in [0.05, 0.1) is 31.9 Å². The minimum atomic E-state index is -4.05. The second-order valence-electron chi connectivity index (χ2n) is 7.48. The Balaban J connectivity index is 1.80. The number of aromatic hydroxyl groups is 1. The summed E-state index contributed by atoms with van der Waals surface area (Å²) in [6.45, 7) is -0.370. The Morgan fingerprint density at radius 2 is 1.74 bits per heavy atom. The van der Waals surface area contributed by atoms with Crippen molar-refractivity contribution in [3.63, 3.8) is 0 Å². The lowest BCUT2D eigenvalue weighted by Crippen LogP contribution is -2.40. The molecule has 0 aliphatic carbocycles. The third-order valence-corrected chi connectivity index (χ3v) is 6.92. The van der Waals surface area contributed by atoms with Crippen LogP contribution in [0.4, 0.5) is 0 Å². The predicted octanol–water partition coefficient (Wildman–Crippen LogP) is 2.79. The van der Waals surface area contributed by atoms with E-state index in [1.54, 1.807) is 12.1 Å². The van der Waals surface area contributed by atoms with Crippen LogP contribution in [0.2, 0.25) is 0 Å². The Labute approximate surface area is 204 Å². The van der Waals surface area contributed by atoms with Crippen LogP contribution in [-0.4, -0.2) is 57.3 Å². The molecule has 0 aliphatic rings. The molecular formula is C25H27N3O6S. The fourth-order valence-electron chi connectivity index (χ4n) is 3.29. The Morgan fingerprint density at radius 3 is 2.43 bits per heavy atom. The molecule has 184 valence electrons. The molecular weight excluding hydrogens is 470 g/mol. The number of nitrogens with one attached hydrogen (secondary N) is 1. The molecule has 2 N–H and O–H groups in total. The third kappa shape index (κ3) is 7.05. The average molecular weight is 498 g/mol. The van der Waals surface area contributed by atoms with Gasteiger partial charge in [-0.15, -0.1) is 0 Å². The van der Waals surface area contributed by atoms with Crippen LogP contribution in [0, 0.1) is 0 Å². The summed E-state index contributed by atoms with van der Waals surface area (Å²) in [4.78, 5) is 12.6. The summed E-state index contributed by atoms with van der Waals surface area (Å²) in [6, 6.07) is 20.0. The third-order valence-electron chi connectivity index (χ3n) is 5.08. The Kier molecular flexibility index (Phi) is 8.82. The number of hydrazone groups is 1. The van der Waals surface area contributed by atoms with E-state index in [0.29, 0.717) is 17.7 Å². The van der Waals surface area contributed by atoms with Gasteiger partial charge in [0, 0.05) is 12.6 Å². The molecule has 0 unspecified atom stereocenters. The number of methoxy groups -OCH3 is 2. The maximum Gasteiger partial charge on any atom is 0.255 e. The van der Waals surface area contributed by atoms with Crippen molar-refractivity contribution in [3.05, 3.63) is 83.9 Å². The van der Waals surface area contributed by atoms with Crippen LogP contribution in [-0.2, 0) is 21.2 Å². The molecule has 0 spiro atoms. The largest absolute Gasteiger partial charge is 0.508 e. The van der Waals surface area contributed by atoms with Crippen molar-refractivity contribution in [2.24, 2.45) is 5.10 Å². The molecule has 3 aromatic carbocycles. The highest BCUT2D eigenvalue weighted by molar-refractivity contribution is 7.89. The van der Waals surface area contributed by atoms with Gasteiger partial charge in [-0.2, -0.15) is 9.41 Å². The molecule has 0 aromatic heterocycles. The summed E-state index contributed by atoms with van der Waals surface area (Å²) >= 11 is 0. The van der Waals surface area contributed by atoms with Gasteiger partial charge in [-0.3, -0.25) is 4.79 Å². The number of ether oxygens (including phenoxy) is 2. The predicted molar refractivity (Wildman–Crippen MR) is 132 cm³/mol. The van der Waals surface area contributed by atoms with E-state index >= 15 is 0 Å². The summed E-state index contributed by atoms with van der Waals surface area (Å²) in [5, 5.41) is 13.4. The van der Waals surface area contributed by atoms with E-state index in [1.165, 1.54) is 50.8 Å². The zero-order chi connectivity index (χ0) is 25.3. The number of hydrogen-bond donors (Lipinski definition) is 2. The number of phenolic OH excluding ortho intramolecular Hbond substituents is 1. The molecule has 35 heavy (non-hydrogen) atoms. The Hall–Kier alpha value is -3.89. The number of amides is 1. The van der Waals surface area contributed by atoms with Crippen LogP contribution in [0.1, 0.15) is 11.1 Å². The first-order chi connectivity index (χ1) is 16.8. The van der Waals surface area contributed by atoms with E-state index in [4.69, 9.17) is 9.47 Å². The van der Waals surface area contributed by atoms with E-state index in [9.17, 15) is 18.3 Å². The van der Waals surface area contributed by atoms with Gasteiger partial charge in [0.25, 0.3) is 5.91 Å². The fourth-order valence-corrected chi connectivity index (χ4v) is 4.70. The smallest absolute Gasteiger partial charge is 0.255 e. The number of carbonyl (C=O) groups excluding carboxylic acids is 1. The lowest BCUT2D eigenvalue weighted by atomic mass is 10.1. The van der Waals surface area contributed by atoms with Crippen molar-refractivity contribution in [2.75, 3.05) is 27.3 Å². The molecule has 9 nitrogen and oxygen atoms in total. The Morgan fingerprint density at radius 1 is 1.00 bits per heavy atom. The first-order valence-corrected chi connectivity index (χ1v) is 12.1. The topological polar surface area (TPSA) is 118 Å². The van der Waals surface area contributed by atoms with Crippen molar-refractivity contribution < 1.29 is 27.8 Å². The minimum Gasteiger partial charge on any atom is -0.508 e. The molecule has 0 saturated carbocycles. The average Bonchev–Trinajstić information content (AvgIpc) is 2.86. The number of sulfonamides is 1. The second kappa shape index (κ2) is 12.0. The SMILES string of the molecule is COc1ccc(S(=O)(=O)N(CCc2ccccc2)CC(=O)N/N=C/c2cccc(O)c2)cc1OC. The van der Waals surface area contributed by atoms with Crippen LogP contribution in [0.15, 0.2) is 82.8 Å². The number of hydrogen-bond acceptors (Lipinski definition) is 7. The van der Waals surface area contributed by atoms with Crippen molar-refractivity contribution in [3.8, 4) is 17.2 Å². The summed E-state index contributed by atoms with van der Waals surface area (Å²) < 4.78 is 38.5. The fraction of sp³-hybridized carbons (Fsp3) is 0.200. The molecule has 3 aromatic rings. The van der Waals surface area contributed by atoms with Gasteiger partial charge in [-0.1, -0.05) is 42.5 Å². The van der Waals surface area contributed by atoms with Crippen LogP contribution in [0.5, 0.6) is 17.2 Å². The number of nitrogens with zero attached hydrogens (tertiary/aromatic N) is 2. The molecule has 0 saturated heterocycles. The molecule has 0 atom stereocenters. The van der Waals surface area contributed by atoms with Gasteiger partial charge < -0.3 is 14.6 Å². The first-order valence-electron chi connectivity index (χ1n) is 10.7. The molecule has 0 bridgehead atoms. The van der Waals surface area contributed by atoms with E-state index in [-0.39, 0.29) is 22.9 Å². The van der Waals surface area contributed by atoms with Crippen LogP contribution in [0.25, 0.3) is 0 Å². The summed E-state index contributed by atoms with van der Waals surface area (Å²) in [5.41, 5.74) is 3.85. The van der Waals surface area contributed by atoms with Crippen molar-refractivity contribution in [2.45, 2.75) is 11.3 Å². The normalized spacial score (nSPS) is 11.5. The Bertz CT molecular complexity index is 1280. The highest BCUT2D eigenvalue weighted by Crippen LogP contribution is 2.30. The summed E-state index contributed by atoms with van der Waals surface area (Å²) in [6.07, 6.45) is 1.77. The molecule has 0 aliphatic heterocycles. The van der Waals surface area contributed by atoms with Gasteiger partial charge in [0.1, 0.15) is 5.75 Å². The summed E-state index contributed by atoms with van der Waals surface area (Å²) in [5.74, 6) is 0.102. The molecule has 0 heterocycles. The number of rotatable bonds is 11. The lowest BCUT2D eigenvalue weighted by Gasteiger charge is -2.22. The van der Waals surface area contributed by atoms with Crippen LogP contribution < -0.4 is 14.9 Å². The number of carbonyl (C=O) groups is 1. The number of benzene rings is 3. The molecule has 1 amide bonds. The van der Waals surface area contributed by atoms with Gasteiger partial charge in [0.15, 0.2) is 11.5 Å². The zero-order valence-corrected chi connectivity index (χ0v) is 20.2. The van der Waals surface area contributed by atoms with Crippen molar-refractivity contribution in [1.82, 2.24) is 9.73 Å². The maximum absolute atomic E-state index is 13.5. The zero-order valence-electron chi connectivity index (χ0n) is 19.4. The molecule has 10 heteroatoms. The van der Waals surface area contributed by atoms with Gasteiger partial charge in [-0.25, -0.2) is 13.8 Å². The highest BCUT2D eigenvalue weighted by atomic mass is 32.2. The van der Waals surface area contributed by atoms with Gasteiger partial charge in [-0.05, 0) is 41.8 Å². The molecule has 3 rings (SSSR count). The van der Waals surface area contributed by atoms with Crippen molar-refractivity contribution in [1.29, 1.82) is 0 Å². The van der Waals surface area contributed by atoms with E-state index in [2.05, 4.69) is 10.5 Å². The van der Waals surface area contributed by atoms with Crippen molar-refractivity contribution >= 4 is 22.1 Å². The number of phenols is 1. The summed E-state index contributed by atoms with van der Waals surface area (Å²) in [7, 11) is -1.18. The molecule has 0 fully saturated rings. The lowest BCUT2D eigenvalue weighted by molar-refractivity contribution is -0.121. The highest BCUT2D eigenvalue weighted by Gasteiger charge is 2.27. The van der Waals surface area contributed by atoms with Crippen LogP contribution in [0.3, 0.4) is 0 Å². The first kappa shape index (κ1) is 25.7. The minimum absolute atomic E-state index is 0.0285. The second-order valence-corrected chi connectivity index (χ2v) is 9.42. The molecule has 0 radical (unpaired) electrons. The maximum atomic E-state index is 13.5. The van der Waals surface area contributed by atoms with E-state index in [1.807, 2.05) is 30.3 Å². The quantitative estimate of drug-likeness (QED) is 0.311.